The summed E-state index contributed by atoms with van der Waals surface area (Å²) in [5, 5.41) is 0.473. The van der Waals surface area contributed by atoms with Crippen LogP contribution < -0.4 is 4.31 Å². The van der Waals surface area contributed by atoms with Gasteiger partial charge in [0.25, 0.3) is 0 Å². The Morgan fingerprint density at radius 2 is 1.89 bits per heavy atom. The zero-order valence-electron chi connectivity index (χ0n) is 15.5. The first-order chi connectivity index (χ1) is 12.5. The van der Waals surface area contributed by atoms with E-state index in [9.17, 15) is 13.6 Å². The molecular formula is C19H21BrNO4S2-. The number of benzene rings is 1. The number of nitrogens with zero attached hydrogens (tertiary/aromatic N) is 1. The van der Waals surface area contributed by atoms with Gasteiger partial charge in [0.1, 0.15) is 10.6 Å². The van der Waals surface area contributed by atoms with Crippen LogP contribution in [0.3, 0.4) is 0 Å². The highest BCUT2D eigenvalue weighted by molar-refractivity contribution is 9.11. The topological polar surface area (TPSA) is 69.7 Å². The highest BCUT2D eigenvalue weighted by atomic mass is 79.9. The van der Waals surface area contributed by atoms with Gasteiger partial charge in [-0.3, -0.25) is 8.51 Å². The number of anilines is 1. The molecule has 1 heterocycles. The molecule has 5 nitrogen and oxygen atoms in total. The maximum Gasteiger partial charge on any atom is 0.334 e. The maximum atomic E-state index is 13.3. The Balaban J connectivity index is 2.14. The number of hydrogen-bond donors (Lipinski definition) is 0. The number of halogens is 1. The number of hydrogen-bond acceptors (Lipinski definition) is 5. The van der Waals surface area contributed by atoms with E-state index in [1.165, 1.54) is 15.6 Å². The number of rotatable bonds is 5. The molecule has 0 amide bonds. The van der Waals surface area contributed by atoms with Crippen LogP contribution in [-0.4, -0.2) is 25.9 Å². The molecule has 1 saturated carbocycles. The molecule has 3 atom stereocenters. The second-order valence-electron chi connectivity index (χ2n) is 7.83. The molecule has 0 saturated heterocycles. The normalized spacial score (nSPS) is 25.7. The molecular weight excluding hydrogens is 450 g/mol. The quantitative estimate of drug-likeness (QED) is 0.474. The Morgan fingerprint density at radius 1 is 1.26 bits per heavy atom. The Labute approximate surface area is 174 Å². The molecule has 2 aromatic rings. The number of ether oxygens (including phenoxy) is 1. The lowest BCUT2D eigenvalue weighted by Gasteiger charge is -2.37. The molecule has 1 aromatic carbocycles. The van der Waals surface area contributed by atoms with Crippen LogP contribution in [0.4, 0.5) is 5.00 Å². The van der Waals surface area contributed by atoms with Crippen molar-refractivity contribution in [2.45, 2.75) is 50.7 Å². The molecule has 0 bridgehead atoms. The third-order valence-corrected chi connectivity index (χ3v) is 7.33. The van der Waals surface area contributed by atoms with E-state index in [-0.39, 0.29) is 0 Å². The third-order valence-electron chi connectivity index (χ3n) is 4.80. The predicted octanol–water partition coefficient (Wildman–Crippen LogP) is 4.55. The van der Waals surface area contributed by atoms with Crippen LogP contribution in [0, 0.1) is 0 Å². The van der Waals surface area contributed by atoms with E-state index in [2.05, 4.69) is 15.9 Å². The van der Waals surface area contributed by atoms with Crippen molar-refractivity contribution in [1.82, 2.24) is 0 Å². The largest absolute Gasteiger partial charge is 0.755 e. The van der Waals surface area contributed by atoms with Gasteiger partial charge >= 0.3 is 5.97 Å². The van der Waals surface area contributed by atoms with E-state index >= 15 is 0 Å². The van der Waals surface area contributed by atoms with Gasteiger partial charge in [0.05, 0.1) is 3.79 Å². The fourth-order valence-corrected chi connectivity index (χ4v) is 5.89. The van der Waals surface area contributed by atoms with Crippen molar-refractivity contribution < 1.29 is 18.3 Å². The van der Waals surface area contributed by atoms with Crippen molar-refractivity contribution in [3.63, 3.8) is 0 Å². The van der Waals surface area contributed by atoms with Crippen LogP contribution in [0.2, 0.25) is 0 Å². The van der Waals surface area contributed by atoms with Gasteiger partial charge < -0.3 is 9.29 Å². The van der Waals surface area contributed by atoms with Crippen molar-refractivity contribution in [2.24, 2.45) is 0 Å². The third kappa shape index (κ3) is 3.60. The van der Waals surface area contributed by atoms with E-state index in [1.54, 1.807) is 32.9 Å². The Kier molecular flexibility index (Phi) is 5.31. The van der Waals surface area contributed by atoms with Gasteiger partial charge in [-0.15, -0.1) is 11.3 Å². The van der Waals surface area contributed by atoms with Crippen molar-refractivity contribution in [1.29, 1.82) is 0 Å². The zero-order chi connectivity index (χ0) is 20.0. The summed E-state index contributed by atoms with van der Waals surface area (Å²) in [5.74, 6) is -0.532. The van der Waals surface area contributed by atoms with Crippen LogP contribution in [-0.2, 0) is 26.2 Å². The second-order valence-corrected chi connectivity index (χ2v) is 11.1. The Hall–Kier alpha value is -1.22. The van der Waals surface area contributed by atoms with Gasteiger partial charge in [0.2, 0.25) is 0 Å². The fourth-order valence-electron chi connectivity index (χ4n) is 3.46. The number of esters is 1. The van der Waals surface area contributed by atoms with E-state index in [0.717, 1.165) is 9.35 Å². The summed E-state index contributed by atoms with van der Waals surface area (Å²) in [6.07, 6.45) is 0.350. The average molecular weight is 471 g/mol. The van der Waals surface area contributed by atoms with Gasteiger partial charge in [-0.1, -0.05) is 37.3 Å². The SMILES string of the molecule is CC(C)(C)OC(=O)C1(N(c2ccc(Br)s2)S(=O)[O-])CC1(C)c1ccccc1. The predicted molar refractivity (Wildman–Crippen MR) is 110 cm³/mol. The molecule has 1 fully saturated rings. The smallest absolute Gasteiger partial charge is 0.334 e. The standard InChI is InChI=1S/C19H22BrNO4S2/c1-17(2,3)25-16(22)19(12-18(19,4)13-8-6-5-7-9-13)21(27(23)24)15-11-10-14(20)26-15/h5-11H,12H2,1-4H3,(H,23,24)/p-1. The average Bonchev–Trinajstić information content (AvgIpc) is 2.98. The first kappa shape index (κ1) is 20.5. The van der Waals surface area contributed by atoms with E-state index < -0.39 is 33.8 Å². The molecule has 8 heteroatoms. The summed E-state index contributed by atoms with van der Waals surface area (Å²) in [4.78, 5) is 13.3. The summed E-state index contributed by atoms with van der Waals surface area (Å²) in [6.45, 7) is 7.25. The van der Waals surface area contributed by atoms with Crippen molar-refractivity contribution in [3.05, 3.63) is 51.8 Å². The molecule has 0 radical (unpaired) electrons. The van der Waals surface area contributed by atoms with E-state index in [0.29, 0.717) is 11.4 Å². The minimum absolute atomic E-state index is 0.350. The number of thiophene rings is 1. The summed E-state index contributed by atoms with van der Waals surface area (Å²) in [7, 11) is 0. The molecule has 0 spiro atoms. The van der Waals surface area contributed by atoms with E-state index in [1.807, 2.05) is 37.3 Å². The molecule has 0 N–H and O–H groups in total. The number of carbonyl (C=O) groups is 1. The highest BCUT2D eigenvalue weighted by Gasteiger charge is 2.75. The highest BCUT2D eigenvalue weighted by Crippen LogP contribution is 2.63. The van der Waals surface area contributed by atoms with Gasteiger partial charge in [-0.05, 0) is 60.8 Å². The lowest BCUT2D eigenvalue weighted by molar-refractivity contribution is -0.158. The fraction of sp³-hybridized carbons (Fsp3) is 0.421. The first-order valence-corrected chi connectivity index (χ1v) is 11.1. The van der Waals surface area contributed by atoms with Crippen LogP contribution in [0.5, 0.6) is 0 Å². The molecule has 146 valence electrons. The van der Waals surface area contributed by atoms with Gasteiger partial charge in [0.15, 0.2) is 5.54 Å². The minimum Gasteiger partial charge on any atom is -0.755 e. The molecule has 3 unspecified atom stereocenters. The summed E-state index contributed by atoms with van der Waals surface area (Å²) in [6, 6.07) is 13.0. The second kappa shape index (κ2) is 6.99. The van der Waals surface area contributed by atoms with Gasteiger partial charge in [-0.2, -0.15) is 0 Å². The van der Waals surface area contributed by atoms with Crippen LogP contribution in [0.1, 0.15) is 39.7 Å². The minimum atomic E-state index is -2.65. The van der Waals surface area contributed by atoms with Crippen LogP contribution in [0.15, 0.2) is 46.3 Å². The molecule has 3 rings (SSSR count). The Bertz CT molecular complexity index is 879. The van der Waals surface area contributed by atoms with Crippen LogP contribution >= 0.6 is 27.3 Å². The van der Waals surface area contributed by atoms with Crippen molar-refractivity contribution in [3.8, 4) is 0 Å². The summed E-state index contributed by atoms with van der Waals surface area (Å²) in [5.41, 5.74) is -1.83. The Morgan fingerprint density at radius 3 is 2.37 bits per heavy atom. The van der Waals surface area contributed by atoms with Crippen LogP contribution in [0.25, 0.3) is 0 Å². The maximum absolute atomic E-state index is 13.3. The van der Waals surface area contributed by atoms with Crippen molar-refractivity contribution in [2.75, 3.05) is 4.31 Å². The molecule has 27 heavy (non-hydrogen) atoms. The summed E-state index contributed by atoms with van der Waals surface area (Å²) < 4.78 is 32.2. The molecule has 1 aliphatic rings. The zero-order valence-corrected chi connectivity index (χ0v) is 18.7. The monoisotopic (exact) mass is 470 g/mol. The number of carbonyl (C=O) groups excluding carboxylic acids is 1. The molecule has 1 aliphatic carbocycles. The summed E-state index contributed by atoms with van der Waals surface area (Å²) >= 11 is 1.99. The first-order valence-electron chi connectivity index (χ1n) is 8.45. The van der Waals surface area contributed by atoms with Gasteiger partial charge in [-0.25, -0.2) is 4.79 Å². The molecule has 0 aliphatic heterocycles. The van der Waals surface area contributed by atoms with Crippen molar-refractivity contribution >= 4 is 49.5 Å². The lowest BCUT2D eigenvalue weighted by atomic mass is 9.92. The van der Waals surface area contributed by atoms with E-state index in [4.69, 9.17) is 4.74 Å². The molecule has 1 aromatic heterocycles. The van der Waals surface area contributed by atoms with Gasteiger partial charge in [0, 0.05) is 16.7 Å². The lowest BCUT2D eigenvalue weighted by Crippen LogP contribution is -2.51.